The van der Waals surface area contributed by atoms with E-state index in [9.17, 15) is 5.02 Å². The molecule has 2 aliphatic heterocycles. The molecule has 34 heavy (non-hydrogen) atoms. The van der Waals surface area contributed by atoms with E-state index in [0.717, 1.165) is 61.6 Å². The molecule has 2 unspecified atom stereocenters. The minimum atomic E-state index is -0.513. The number of nitrogens with zero attached hydrogens (tertiary/aromatic N) is 3. The standard InChI is InChI=1S/C25H36BClN4O3/c1-4-20(29-26(2)32)15-30-11-12-31(16-21(30)9-13-33-3)25-22-8-7-19(27)14-23(22)34-17-18-6-5-10-28-24(18)25/h5-8,10,14,20-21,25,29,32H,4,9,11-13,15-17H2,1-3H3/t20?,21-,25?/m0/s1. The Morgan fingerprint density at radius 1 is 1.35 bits per heavy atom. The highest BCUT2D eigenvalue weighted by molar-refractivity contribution is 6.45. The fourth-order valence-electron chi connectivity index (χ4n) is 5.19. The van der Waals surface area contributed by atoms with Crippen molar-refractivity contribution < 1.29 is 14.5 Å². The normalized spacial score (nSPS) is 21.8. The summed E-state index contributed by atoms with van der Waals surface area (Å²) in [5.74, 6) is 0.832. The first-order valence-electron chi connectivity index (χ1n) is 12.3. The van der Waals surface area contributed by atoms with Crippen LogP contribution in [-0.2, 0) is 11.3 Å². The quantitative estimate of drug-likeness (QED) is 0.527. The summed E-state index contributed by atoms with van der Waals surface area (Å²) in [5.41, 5.74) is 3.29. The Balaban J connectivity index is 1.62. The number of hydrogen-bond donors (Lipinski definition) is 2. The van der Waals surface area contributed by atoms with Crippen LogP contribution in [0.3, 0.4) is 0 Å². The number of fused-ring (bicyclic) bond motifs is 2. The Morgan fingerprint density at radius 3 is 2.97 bits per heavy atom. The van der Waals surface area contributed by atoms with Crippen LogP contribution >= 0.6 is 11.6 Å². The Kier molecular flexibility index (Phi) is 8.85. The molecule has 1 aromatic carbocycles. The van der Waals surface area contributed by atoms with E-state index in [0.29, 0.717) is 24.3 Å². The van der Waals surface area contributed by atoms with Crippen molar-refractivity contribution in [2.45, 2.75) is 51.3 Å². The van der Waals surface area contributed by atoms with Gasteiger partial charge in [-0.15, -0.1) is 0 Å². The van der Waals surface area contributed by atoms with Crippen LogP contribution in [0.4, 0.5) is 0 Å². The van der Waals surface area contributed by atoms with Crippen LogP contribution in [-0.4, -0.2) is 78.8 Å². The number of rotatable bonds is 9. The lowest BCUT2D eigenvalue weighted by Crippen LogP contribution is -2.58. The molecule has 184 valence electrons. The summed E-state index contributed by atoms with van der Waals surface area (Å²) >= 11 is 6.32. The van der Waals surface area contributed by atoms with Crippen LogP contribution in [0.15, 0.2) is 36.5 Å². The van der Waals surface area contributed by atoms with Crippen molar-refractivity contribution in [3.63, 3.8) is 0 Å². The first-order valence-corrected chi connectivity index (χ1v) is 12.6. The zero-order valence-corrected chi connectivity index (χ0v) is 21.2. The molecule has 2 aliphatic rings. The molecule has 0 bridgehead atoms. The molecule has 0 saturated carbocycles. The van der Waals surface area contributed by atoms with E-state index >= 15 is 0 Å². The van der Waals surface area contributed by atoms with Crippen molar-refractivity contribution >= 4 is 18.7 Å². The van der Waals surface area contributed by atoms with Crippen molar-refractivity contribution in [3.05, 3.63) is 58.4 Å². The number of nitrogens with one attached hydrogen (secondary N) is 1. The number of methoxy groups -OCH3 is 1. The van der Waals surface area contributed by atoms with Crippen LogP contribution in [0.25, 0.3) is 0 Å². The van der Waals surface area contributed by atoms with E-state index in [1.54, 1.807) is 13.9 Å². The Bertz CT molecular complexity index is 950. The van der Waals surface area contributed by atoms with Crippen LogP contribution in [0.2, 0.25) is 11.8 Å². The fraction of sp³-hybridized carbons (Fsp3) is 0.560. The van der Waals surface area contributed by atoms with E-state index in [-0.39, 0.29) is 12.1 Å². The zero-order valence-electron chi connectivity index (χ0n) is 20.4. The number of benzene rings is 1. The Morgan fingerprint density at radius 2 is 2.21 bits per heavy atom. The SMILES string of the molecule is CCC(CN1CCN(C2c3ccc(Cl)cc3OCc3cccnc32)C[C@@H]1CCOC)NB(C)O. The van der Waals surface area contributed by atoms with Crippen molar-refractivity contribution in [2.75, 3.05) is 39.9 Å². The van der Waals surface area contributed by atoms with E-state index < -0.39 is 7.05 Å². The number of ether oxygens (including phenoxy) is 2. The van der Waals surface area contributed by atoms with Crippen molar-refractivity contribution in [2.24, 2.45) is 0 Å². The van der Waals surface area contributed by atoms with Gasteiger partial charge in [-0.2, -0.15) is 0 Å². The molecule has 0 spiro atoms. The molecule has 9 heteroatoms. The monoisotopic (exact) mass is 486 g/mol. The third kappa shape index (κ3) is 5.93. The summed E-state index contributed by atoms with van der Waals surface area (Å²) in [7, 11) is 1.25. The van der Waals surface area contributed by atoms with E-state index in [2.05, 4.69) is 34.1 Å². The molecular formula is C25H36BClN4O3. The molecule has 0 amide bonds. The summed E-state index contributed by atoms with van der Waals surface area (Å²) in [6, 6.07) is 10.6. The topological polar surface area (TPSA) is 70.1 Å². The predicted molar refractivity (Wildman–Crippen MR) is 136 cm³/mol. The second kappa shape index (κ2) is 11.8. The molecule has 1 fully saturated rings. The molecule has 1 saturated heterocycles. The van der Waals surface area contributed by atoms with E-state index in [4.69, 9.17) is 26.1 Å². The number of piperazine rings is 1. The van der Waals surface area contributed by atoms with E-state index in [1.807, 2.05) is 24.4 Å². The number of halogens is 1. The zero-order chi connectivity index (χ0) is 24.1. The third-order valence-electron chi connectivity index (χ3n) is 6.92. The molecule has 3 heterocycles. The highest BCUT2D eigenvalue weighted by Gasteiger charge is 2.36. The van der Waals surface area contributed by atoms with Gasteiger partial charge in [-0.3, -0.25) is 14.8 Å². The average Bonchev–Trinajstić information content (AvgIpc) is 2.99. The summed E-state index contributed by atoms with van der Waals surface area (Å²) < 4.78 is 11.6. The lowest BCUT2D eigenvalue weighted by atomic mass is 9.86. The van der Waals surface area contributed by atoms with Gasteiger partial charge in [0.15, 0.2) is 0 Å². The molecule has 4 rings (SSSR count). The molecule has 1 aromatic heterocycles. The maximum atomic E-state index is 9.85. The average molecular weight is 487 g/mol. The molecular weight excluding hydrogens is 451 g/mol. The van der Waals surface area contributed by atoms with E-state index in [1.165, 1.54) is 0 Å². The van der Waals surface area contributed by atoms with Crippen LogP contribution < -0.4 is 9.96 Å². The number of aromatic nitrogens is 1. The first kappa shape index (κ1) is 25.4. The van der Waals surface area contributed by atoms with Crippen molar-refractivity contribution in [1.29, 1.82) is 0 Å². The molecule has 0 radical (unpaired) electrons. The van der Waals surface area contributed by atoms with Gasteiger partial charge in [0.05, 0.1) is 11.7 Å². The molecule has 2 aromatic rings. The number of pyridine rings is 1. The highest BCUT2D eigenvalue weighted by atomic mass is 35.5. The van der Waals surface area contributed by atoms with Gasteiger partial charge in [-0.05, 0) is 37.9 Å². The van der Waals surface area contributed by atoms with Gasteiger partial charge < -0.3 is 19.7 Å². The maximum Gasteiger partial charge on any atom is 0.373 e. The van der Waals surface area contributed by atoms with Gasteiger partial charge in [0.25, 0.3) is 0 Å². The largest absolute Gasteiger partial charge is 0.488 e. The molecule has 0 aliphatic carbocycles. The molecule has 3 atom stereocenters. The minimum Gasteiger partial charge on any atom is -0.488 e. The van der Waals surface area contributed by atoms with Gasteiger partial charge in [-0.1, -0.05) is 30.7 Å². The Labute approximate surface area is 208 Å². The van der Waals surface area contributed by atoms with Crippen LogP contribution in [0, 0.1) is 0 Å². The minimum absolute atomic E-state index is 0.00993. The van der Waals surface area contributed by atoms with Crippen LogP contribution in [0.1, 0.15) is 42.6 Å². The fourth-order valence-corrected chi connectivity index (χ4v) is 5.36. The van der Waals surface area contributed by atoms with Gasteiger partial charge in [0.1, 0.15) is 12.4 Å². The van der Waals surface area contributed by atoms with Gasteiger partial charge in [0, 0.05) is 74.3 Å². The maximum absolute atomic E-state index is 9.85. The van der Waals surface area contributed by atoms with Crippen molar-refractivity contribution in [1.82, 2.24) is 20.0 Å². The lowest BCUT2D eigenvalue weighted by molar-refractivity contribution is 0.0335. The first-order chi connectivity index (χ1) is 16.5. The second-order valence-corrected chi connectivity index (χ2v) is 9.73. The smallest absolute Gasteiger partial charge is 0.373 e. The van der Waals surface area contributed by atoms with Gasteiger partial charge in [0.2, 0.25) is 0 Å². The molecule has 7 nitrogen and oxygen atoms in total. The molecule has 2 N–H and O–H groups in total. The summed E-state index contributed by atoms with van der Waals surface area (Å²) in [6.45, 7) is 8.80. The van der Waals surface area contributed by atoms with Crippen molar-refractivity contribution in [3.8, 4) is 5.75 Å². The summed E-state index contributed by atoms with van der Waals surface area (Å²) in [4.78, 5) is 9.91. The van der Waals surface area contributed by atoms with Crippen LogP contribution in [0.5, 0.6) is 5.75 Å². The third-order valence-corrected chi connectivity index (χ3v) is 7.15. The second-order valence-electron chi connectivity index (χ2n) is 9.29. The summed E-state index contributed by atoms with van der Waals surface area (Å²) in [5, 5.41) is 13.8. The van der Waals surface area contributed by atoms with Gasteiger partial charge >= 0.3 is 7.05 Å². The highest BCUT2D eigenvalue weighted by Crippen LogP contribution is 2.40. The lowest BCUT2D eigenvalue weighted by Gasteiger charge is -2.45. The predicted octanol–water partition coefficient (Wildman–Crippen LogP) is 3.22. The summed E-state index contributed by atoms with van der Waals surface area (Å²) in [6.07, 6.45) is 3.79. The number of hydrogen-bond acceptors (Lipinski definition) is 7. The van der Waals surface area contributed by atoms with Gasteiger partial charge in [-0.25, -0.2) is 0 Å². The Hall–Kier alpha value is -1.68.